The lowest BCUT2D eigenvalue weighted by molar-refractivity contribution is 0.102. The van der Waals surface area contributed by atoms with Gasteiger partial charge in [-0.25, -0.2) is 9.50 Å². The highest BCUT2D eigenvalue weighted by Crippen LogP contribution is 2.29. The Kier molecular flexibility index (Phi) is 3.87. The molecule has 124 valence electrons. The first-order valence-electron chi connectivity index (χ1n) is 7.13. The van der Waals surface area contributed by atoms with E-state index in [9.17, 15) is 4.79 Å². The molecule has 0 unspecified atom stereocenters. The number of amides is 1. The molecule has 0 aliphatic heterocycles. The molecular weight excluding hydrogens is 365 g/mol. The maximum absolute atomic E-state index is 12.6. The first-order chi connectivity index (χ1) is 12.1. The molecule has 0 saturated carbocycles. The van der Waals surface area contributed by atoms with Gasteiger partial charge in [0.25, 0.3) is 5.91 Å². The summed E-state index contributed by atoms with van der Waals surface area (Å²) in [4.78, 5) is 16.7. The van der Waals surface area contributed by atoms with Gasteiger partial charge in [0.2, 0.25) is 0 Å². The maximum atomic E-state index is 12.6. The molecule has 0 radical (unpaired) electrons. The van der Waals surface area contributed by atoms with Crippen molar-refractivity contribution in [1.29, 1.82) is 0 Å². The average molecular weight is 374 g/mol. The number of nitrogens with one attached hydrogen (secondary N) is 1. The molecule has 1 aromatic carbocycles. The van der Waals surface area contributed by atoms with E-state index in [1.807, 2.05) is 6.07 Å². The number of fused-ring (bicyclic) bond motifs is 1. The maximum Gasteiger partial charge on any atom is 0.261 e. The molecule has 1 amide bonds. The molecule has 3 aromatic heterocycles. The van der Waals surface area contributed by atoms with E-state index in [-0.39, 0.29) is 10.7 Å². The summed E-state index contributed by atoms with van der Waals surface area (Å²) in [7, 11) is 0. The van der Waals surface area contributed by atoms with Crippen LogP contribution in [0, 0.1) is 0 Å². The molecule has 0 saturated heterocycles. The minimum atomic E-state index is -0.406. The van der Waals surface area contributed by atoms with Crippen molar-refractivity contribution < 1.29 is 9.32 Å². The smallest absolute Gasteiger partial charge is 0.261 e. The van der Waals surface area contributed by atoms with Gasteiger partial charge >= 0.3 is 0 Å². The Morgan fingerprint density at radius 3 is 2.96 bits per heavy atom. The standard InChI is InChI=1S/C16H9Cl2N5O2/c17-10-3-1-2-9(6-10)14-12(8-25-22-14)20-16(24)11-7-19-23-5-4-13(18)21-15(11)23/h1-8H,(H,20,24). The minimum absolute atomic E-state index is 0.270. The molecule has 1 N–H and O–H groups in total. The second-order valence-corrected chi connectivity index (χ2v) is 5.94. The molecule has 4 rings (SSSR count). The Bertz CT molecular complexity index is 1090. The number of benzene rings is 1. The summed E-state index contributed by atoms with van der Waals surface area (Å²) in [6, 6.07) is 8.66. The highest BCUT2D eigenvalue weighted by molar-refractivity contribution is 6.31. The minimum Gasteiger partial charge on any atom is -0.362 e. The zero-order chi connectivity index (χ0) is 17.4. The van der Waals surface area contributed by atoms with E-state index in [2.05, 4.69) is 20.6 Å². The molecule has 25 heavy (non-hydrogen) atoms. The molecule has 7 nitrogen and oxygen atoms in total. The second kappa shape index (κ2) is 6.19. The first kappa shape index (κ1) is 15.6. The van der Waals surface area contributed by atoms with Crippen LogP contribution in [0.4, 0.5) is 5.69 Å². The van der Waals surface area contributed by atoms with Crippen LogP contribution in [0.1, 0.15) is 10.4 Å². The van der Waals surface area contributed by atoms with Crippen molar-refractivity contribution in [3.63, 3.8) is 0 Å². The van der Waals surface area contributed by atoms with Crippen molar-refractivity contribution in [2.75, 3.05) is 5.32 Å². The summed E-state index contributed by atoms with van der Waals surface area (Å²) in [5.41, 5.74) is 2.23. The quantitative estimate of drug-likeness (QED) is 0.549. The molecule has 0 bridgehead atoms. The van der Waals surface area contributed by atoms with Crippen molar-refractivity contribution in [1.82, 2.24) is 19.8 Å². The van der Waals surface area contributed by atoms with Gasteiger partial charge in [-0.1, -0.05) is 40.5 Å². The molecule has 3 heterocycles. The van der Waals surface area contributed by atoms with Gasteiger partial charge < -0.3 is 9.84 Å². The molecule has 0 fully saturated rings. The van der Waals surface area contributed by atoms with Crippen LogP contribution < -0.4 is 5.32 Å². The van der Waals surface area contributed by atoms with Crippen LogP contribution in [0.5, 0.6) is 0 Å². The van der Waals surface area contributed by atoms with E-state index in [4.69, 9.17) is 27.7 Å². The van der Waals surface area contributed by atoms with Crippen molar-refractivity contribution >= 4 is 40.4 Å². The number of halogens is 2. The van der Waals surface area contributed by atoms with Crippen LogP contribution in [0.3, 0.4) is 0 Å². The predicted octanol–water partition coefficient (Wildman–Crippen LogP) is 3.94. The summed E-state index contributed by atoms with van der Waals surface area (Å²) in [5, 5.41) is 11.6. The number of hydrogen-bond acceptors (Lipinski definition) is 5. The second-order valence-electron chi connectivity index (χ2n) is 5.12. The van der Waals surface area contributed by atoms with E-state index in [1.165, 1.54) is 17.0 Å². The van der Waals surface area contributed by atoms with Gasteiger partial charge in [-0.15, -0.1) is 0 Å². The van der Waals surface area contributed by atoms with Crippen LogP contribution in [0.25, 0.3) is 16.9 Å². The number of aromatic nitrogens is 4. The fourth-order valence-corrected chi connectivity index (χ4v) is 2.69. The van der Waals surface area contributed by atoms with Crippen molar-refractivity contribution in [3.8, 4) is 11.3 Å². The molecule has 4 aromatic rings. The van der Waals surface area contributed by atoms with Gasteiger partial charge in [0, 0.05) is 16.8 Å². The van der Waals surface area contributed by atoms with Gasteiger partial charge in [0.1, 0.15) is 28.4 Å². The Labute approximate surface area is 151 Å². The summed E-state index contributed by atoms with van der Waals surface area (Å²) < 4.78 is 6.46. The van der Waals surface area contributed by atoms with Crippen molar-refractivity contribution in [2.45, 2.75) is 0 Å². The summed E-state index contributed by atoms with van der Waals surface area (Å²) >= 11 is 11.9. The van der Waals surface area contributed by atoms with Crippen LogP contribution in [-0.4, -0.2) is 25.7 Å². The number of rotatable bonds is 3. The topological polar surface area (TPSA) is 85.3 Å². The van der Waals surface area contributed by atoms with E-state index in [1.54, 1.807) is 30.5 Å². The molecular formula is C16H9Cl2N5O2. The lowest BCUT2D eigenvalue weighted by Crippen LogP contribution is -2.12. The third-order valence-corrected chi connectivity index (χ3v) is 3.94. The van der Waals surface area contributed by atoms with E-state index in [0.717, 1.165) is 5.56 Å². The zero-order valence-electron chi connectivity index (χ0n) is 12.5. The molecule has 9 heteroatoms. The number of nitrogens with zero attached hydrogens (tertiary/aromatic N) is 4. The number of hydrogen-bond donors (Lipinski definition) is 1. The number of anilines is 1. The third kappa shape index (κ3) is 2.95. The Morgan fingerprint density at radius 1 is 1.24 bits per heavy atom. The van der Waals surface area contributed by atoms with Gasteiger partial charge in [-0.2, -0.15) is 5.10 Å². The van der Waals surface area contributed by atoms with Crippen LogP contribution in [0.15, 0.2) is 53.5 Å². The predicted molar refractivity (Wildman–Crippen MR) is 92.9 cm³/mol. The van der Waals surface area contributed by atoms with E-state index in [0.29, 0.717) is 22.1 Å². The largest absolute Gasteiger partial charge is 0.362 e. The highest BCUT2D eigenvalue weighted by atomic mass is 35.5. The molecule has 0 aliphatic rings. The lowest BCUT2D eigenvalue weighted by atomic mass is 10.1. The van der Waals surface area contributed by atoms with E-state index < -0.39 is 5.91 Å². The first-order valence-corrected chi connectivity index (χ1v) is 7.89. The van der Waals surface area contributed by atoms with Gasteiger partial charge in [0.15, 0.2) is 5.65 Å². The fraction of sp³-hybridized carbons (Fsp3) is 0. The third-order valence-electron chi connectivity index (χ3n) is 3.50. The number of carbonyl (C=O) groups excluding carboxylic acids is 1. The molecule has 0 atom stereocenters. The fourth-order valence-electron chi connectivity index (χ4n) is 2.37. The van der Waals surface area contributed by atoms with Crippen LogP contribution >= 0.6 is 23.2 Å². The Morgan fingerprint density at radius 2 is 2.12 bits per heavy atom. The Hall–Kier alpha value is -2.90. The molecule has 0 spiro atoms. The SMILES string of the molecule is O=C(Nc1conc1-c1cccc(Cl)c1)c1cnn2ccc(Cl)nc12. The molecule has 0 aliphatic carbocycles. The monoisotopic (exact) mass is 373 g/mol. The summed E-state index contributed by atoms with van der Waals surface area (Å²) in [5.74, 6) is -0.406. The number of carbonyl (C=O) groups is 1. The summed E-state index contributed by atoms with van der Waals surface area (Å²) in [6.07, 6.45) is 4.39. The lowest BCUT2D eigenvalue weighted by Gasteiger charge is -2.04. The van der Waals surface area contributed by atoms with Gasteiger partial charge in [-0.05, 0) is 18.2 Å². The van der Waals surface area contributed by atoms with Crippen molar-refractivity contribution in [2.24, 2.45) is 0 Å². The van der Waals surface area contributed by atoms with Crippen LogP contribution in [0.2, 0.25) is 10.2 Å². The van der Waals surface area contributed by atoms with Gasteiger partial charge in [0.05, 0.1) is 6.20 Å². The van der Waals surface area contributed by atoms with E-state index >= 15 is 0 Å². The summed E-state index contributed by atoms with van der Waals surface area (Å²) in [6.45, 7) is 0. The highest BCUT2D eigenvalue weighted by Gasteiger charge is 2.18. The zero-order valence-corrected chi connectivity index (χ0v) is 14.0. The van der Waals surface area contributed by atoms with Gasteiger partial charge in [-0.3, -0.25) is 4.79 Å². The van der Waals surface area contributed by atoms with Crippen LogP contribution in [-0.2, 0) is 0 Å². The average Bonchev–Trinajstić information content (AvgIpc) is 3.21. The normalized spacial score (nSPS) is 11.0. The Balaban J connectivity index is 1.68. The van der Waals surface area contributed by atoms with Crippen molar-refractivity contribution in [3.05, 3.63) is 64.7 Å².